The molecule has 0 saturated carbocycles. The first-order valence-electron chi connectivity index (χ1n) is 7.54. The van der Waals surface area contributed by atoms with Crippen LogP contribution < -0.4 is 5.32 Å². The Morgan fingerprint density at radius 1 is 1.32 bits per heavy atom. The van der Waals surface area contributed by atoms with Crippen molar-refractivity contribution in [3.8, 4) is 11.3 Å². The van der Waals surface area contributed by atoms with E-state index in [0.717, 1.165) is 37.4 Å². The Morgan fingerprint density at radius 3 is 2.86 bits per heavy atom. The lowest BCUT2D eigenvalue weighted by Crippen LogP contribution is -2.29. The van der Waals surface area contributed by atoms with Crippen molar-refractivity contribution in [1.82, 2.24) is 15.3 Å². The minimum Gasteiger partial charge on any atom is -0.478 e. The van der Waals surface area contributed by atoms with Crippen molar-refractivity contribution in [3.05, 3.63) is 47.4 Å². The number of aromatic nitrogens is 2. The van der Waals surface area contributed by atoms with Crippen LogP contribution in [-0.4, -0.2) is 34.1 Å². The lowest BCUT2D eigenvalue weighted by atomic mass is 9.98. The normalized spacial score (nSPS) is 18.1. The van der Waals surface area contributed by atoms with Gasteiger partial charge < -0.3 is 10.4 Å². The van der Waals surface area contributed by atoms with Crippen molar-refractivity contribution < 1.29 is 9.90 Å². The number of aryl methyl sites for hydroxylation is 1. The molecule has 1 atom stereocenters. The number of carbonyl (C=O) groups is 1. The highest BCUT2D eigenvalue weighted by molar-refractivity contribution is 5.95. The first kappa shape index (κ1) is 14.7. The van der Waals surface area contributed by atoms with Gasteiger partial charge in [0.25, 0.3) is 0 Å². The van der Waals surface area contributed by atoms with Gasteiger partial charge in [0.05, 0.1) is 11.3 Å². The summed E-state index contributed by atoms with van der Waals surface area (Å²) in [5.41, 5.74) is 2.47. The molecule has 0 spiro atoms. The molecule has 1 aliphatic rings. The summed E-state index contributed by atoms with van der Waals surface area (Å²) in [6.07, 6.45) is 2.18. The minimum atomic E-state index is -0.937. The SMILES string of the molecule is Cc1cc(-c2ccccc2C(=O)O)nc([C@H]2CCCNC2)n1. The number of benzene rings is 1. The second-order valence-electron chi connectivity index (χ2n) is 5.65. The number of rotatable bonds is 3. The fourth-order valence-corrected chi connectivity index (χ4v) is 2.88. The van der Waals surface area contributed by atoms with Gasteiger partial charge in [-0.15, -0.1) is 0 Å². The maximum atomic E-state index is 11.4. The van der Waals surface area contributed by atoms with Crippen LogP contribution in [0.1, 0.15) is 40.6 Å². The zero-order chi connectivity index (χ0) is 15.5. The van der Waals surface area contributed by atoms with Gasteiger partial charge in [-0.25, -0.2) is 14.8 Å². The fourth-order valence-electron chi connectivity index (χ4n) is 2.88. The zero-order valence-corrected chi connectivity index (χ0v) is 12.5. The molecule has 1 saturated heterocycles. The Labute approximate surface area is 129 Å². The third kappa shape index (κ3) is 2.99. The molecule has 1 aliphatic heterocycles. The predicted molar refractivity (Wildman–Crippen MR) is 84.0 cm³/mol. The second kappa shape index (κ2) is 6.23. The van der Waals surface area contributed by atoms with Crippen LogP contribution in [-0.2, 0) is 0 Å². The molecular formula is C17H19N3O2. The van der Waals surface area contributed by atoms with Crippen molar-refractivity contribution >= 4 is 5.97 Å². The van der Waals surface area contributed by atoms with Crippen molar-refractivity contribution in [2.24, 2.45) is 0 Å². The number of piperidine rings is 1. The molecule has 0 bridgehead atoms. The van der Waals surface area contributed by atoms with Crippen molar-refractivity contribution in [2.75, 3.05) is 13.1 Å². The zero-order valence-electron chi connectivity index (χ0n) is 12.5. The molecule has 2 N–H and O–H groups in total. The van der Waals surface area contributed by atoms with Gasteiger partial charge in [0.15, 0.2) is 0 Å². The average molecular weight is 297 g/mol. The summed E-state index contributed by atoms with van der Waals surface area (Å²) in [6.45, 7) is 3.84. The van der Waals surface area contributed by atoms with E-state index >= 15 is 0 Å². The first-order chi connectivity index (χ1) is 10.6. The van der Waals surface area contributed by atoms with Crippen LogP contribution in [0.4, 0.5) is 0 Å². The number of aromatic carboxylic acids is 1. The predicted octanol–water partition coefficient (Wildman–Crippen LogP) is 2.62. The van der Waals surface area contributed by atoms with Crippen LogP contribution in [0.25, 0.3) is 11.3 Å². The van der Waals surface area contributed by atoms with Crippen LogP contribution in [0.15, 0.2) is 30.3 Å². The Bertz CT molecular complexity index is 694. The van der Waals surface area contributed by atoms with Gasteiger partial charge in [-0.3, -0.25) is 0 Å². The number of carboxylic acids is 1. The highest BCUT2D eigenvalue weighted by atomic mass is 16.4. The van der Waals surface area contributed by atoms with E-state index < -0.39 is 5.97 Å². The molecule has 0 unspecified atom stereocenters. The topological polar surface area (TPSA) is 75.1 Å². The molecule has 3 rings (SSSR count). The summed E-state index contributed by atoms with van der Waals surface area (Å²) in [5, 5.41) is 12.7. The highest BCUT2D eigenvalue weighted by Gasteiger charge is 2.20. The quantitative estimate of drug-likeness (QED) is 0.911. The van der Waals surface area contributed by atoms with Crippen LogP contribution in [0.2, 0.25) is 0 Å². The maximum absolute atomic E-state index is 11.4. The van der Waals surface area contributed by atoms with Crippen molar-refractivity contribution in [3.63, 3.8) is 0 Å². The van der Waals surface area contributed by atoms with Gasteiger partial charge in [-0.1, -0.05) is 18.2 Å². The minimum absolute atomic E-state index is 0.272. The standard InChI is InChI=1S/C17H19N3O2/c1-11-9-15(13-6-2-3-7-14(13)17(21)22)20-16(19-11)12-5-4-8-18-10-12/h2-3,6-7,9,12,18H,4-5,8,10H2,1H3,(H,21,22)/t12-/m0/s1. The smallest absolute Gasteiger partial charge is 0.336 e. The van der Waals surface area contributed by atoms with Crippen LogP contribution in [0.3, 0.4) is 0 Å². The molecule has 2 aromatic rings. The molecule has 2 heterocycles. The molecule has 5 heteroatoms. The summed E-state index contributed by atoms with van der Waals surface area (Å²) < 4.78 is 0. The van der Waals surface area contributed by atoms with Gasteiger partial charge in [0.1, 0.15) is 5.82 Å². The number of hydrogen-bond acceptors (Lipinski definition) is 4. The van der Waals surface area contributed by atoms with E-state index in [0.29, 0.717) is 17.2 Å². The first-order valence-corrected chi connectivity index (χ1v) is 7.54. The number of hydrogen-bond donors (Lipinski definition) is 2. The van der Waals surface area contributed by atoms with Crippen molar-refractivity contribution in [2.45, 2.75) is 25.7 Å². The monoisotopic (exact) mass is 297 g/mol. The van der Waals surface area contributed by atoms with Gasteiger partial charge in [-0.2, -0.15) is 0 Å². The third-order valence-electron chi connectivity index (χ3n) is 3.97. The number of carboxylic acid groups (broad SMARTS) is 1. The van der Waals surface area contributed by atoms with E-state index in [1.807, 2.05) is 19.1 Å². The number of nitrogens with one attached hydrogen (secondary N) is 1. The summed E-state index contributed by atoms with van der Waals surface area (Å²) in [7, 11) is 0. The second-order valence-corrected chi connectivity index (χ2v) is 5.65. The molecular weight excluding hydrogens is 278 g/mol. The molecule has 1 aromatic carbocycles. The molecule has 5 nitrogen and oxygen atoms in total. The number of nitrogens with zero attached hydrogens (tertiary/aromatic N) is 2. The average Bonchev–Trinajstić information content (AvgIpc) is 2.55. The fraction of sp³-hybridized carbons (Fsp3) is 0.353. The third-order valence-corrected chi connectivity index (χ3v) is 3.97. The molecule has 1 aromatic heterocycles. The van der Waals surface area contributed by atoms with E-state index in [1.165, 1.54) is 0 Å². The van der Waals surface area contributed by atoms with E-state index in [1.54, 1.807) is 18.2 Å². The molecule has 22 heavy (non-hydrogen) atoms. The highest BCUT2D eigenvalue weighted by Crippen LogP contribution is 2.26. The Balaban J connectivity index is 2.04. The van der Waals surface area contributed by atoms with Gasteiger partial charge in [0, 0.05) is 23.7 Å². The summed E-state index contributed by atoms with van der Waals surface area (Å²) in [4.78, 5) is 20.6. The molecule has 0 aliphatic carbocycles. The molecule has 114 valence electrons. The van der Waals surface area contributed by atoms with E-state index in [2.05, 4.69) is 15.3 Å². The molecule has 1 fully saturated rings. The van der Waals surface area contributed by atoms with Crippen molar-refractivity contribution in [1.29, 1.82) is 0 Å². The Kier molecular flexibility index (Phi) is 4.15. The molecule has 0 radical (unpaired) electrons. The Hall–Kier alpha value is -2.27. The van der Waals surface area contributed by atoms with Gasteiger partial charge in [0.2, 0.25) is 0 Å². The lowest BCUT2D eigenvalue weighted by Gasteiger charge is -2.22. The van der Waals surface area contributed by atoms with Crippen LogP contribution in [0, 0.1) is 6.92 Å². The summed E-state index contributed by atoms with van der Waals surface area (Å²) in [5.74, 6) is 0.166. The van der Waals surface area contributed by atoms with E-state index in [4.69, 9.17) is 0 Å². The van der Waals surface area contributed by atoms with E-state index in [9.17, 15) is 9.90 Å². The largest absolute Gasteiger partial charge is 0.478 e. The lowest BCUT2D eigenvalue weighted by molar-refractivity contribution is 0.0697. The van der Waals surface area contributed by atoms with E-state index in [-0.39, 0.29) is 5.56 Å². The summed E-state index contributed by atoms with van der Waals surface area (Å²) in [6, 6.07) is 8.82. The summed E-state index contributed by atoms with van der Waals surface area (Å²) >= 11 is 0. The van der Waals surface area contributed by atoms with Gasteiger partial charge >= 0.3 is 5.97 Å². The molecule has 0 amide bonds. The van der Waals surface area contributed by atoms with Crippen LogP contribution >= 0.6 is 0 Å². The van der Waals surface area contributed by atoms with Crippen LogP contribution in [0.5, 0.6) is 0 Å². The Morgan fingerprint density at radius 2 is 2.14 bits per heavy atom. The maximum Gasteiger partial charge on any atom is 0.336 e. The van der Waals surface area contributed by atoms with Gasteiger partial charge in [-0.05, 0) is 38.4 Å².